The van der Waals surface area contributed by atoms with Crippen molar-refractivity contribution in [2.75, 3.05) is 20.3 Å². The molecule has 7 heteroatoms. The molecule has 0 radical (unpaired) electrons. The fraction of sp³-hybridized carbons (Fsp3) is 0.417. The Labute approximate surface area is 185 Å². The number of amides is 1. The van der Waals surface area contributed by atoms with Crippen LogP contribution < -0.4 is 15.7 Å². The largest absolute Gasteiger partial charge is 0.467 e. The summed E-state index contributed by atoms with van der Waals surface area (Å²) in [5.41, 5.74) is 0. The SMILES string of the molecule is COC(=O)C(CO)NC(=O)CCCO[Si](c1ccccc1)(c1ccccc1)C(C)(C)C. The predicted molar refractivity (Wildman–Crippen MR) is 124 cm³/mol. The average molecular weight is 444 g/mol. The number of ether oxygens (including phenoxy) is 1. The Morgan fingerprint density at radius 1 is 1.00 bits per heavy atom. The number of esters is 1. The number of aliphatic hydroxyl groups is 1. The number of hydrogen-bond acceptors (Lipinski definition) is 5. The number of carbonyl (C=O) groups is 2. The van der Waals surface area contributed by atoms with Gasteiger partial charge in [0.05, 0.1) is 13.7 Å². The molecule has 168 valence electrons. The van der Waals surface area contributed by atoms with Crippen molar-refractivity contribution in [3.8, 4) is 0 Å². The van der Waals surface area contributed by atoms with E-state index in [1.807, 2.05) is 36.4 Å². The summed E-state index contributed by atoms with van der Waals surface area (Å²) in [4.78, 5) is 23.8. The van der Waals surface area contributed by atoms with E-state index in [1.165, 1.54) is 17.5 Å². The summed E-state index contributed by atoms with van der Waals surface area (Å²) in [6.07, 6.45) is 0.682. The van der Waals surface area contributed by atoms with Crippen molar-refractivity contribution in [1.82, 2.24) is 5.32 Å². The van der Waals surface area contributed by atoms with Crippen molar-refractivity contribution in [2.24, 2.45) is 0 Å². The molecule has 2 aromatic carbocycles. The monoisotopic (exact) mass is 443 g/mol. The smallest absolute Gasteiger partial charge is 0.330 e. The van der Waals surface area contributed by atoms with Crippen molar-refractivity contribution in [2.45, 2.75) is 44.7 Å². The molecule has 0 saturated heterocycles. The lowest BCUT2D eigenvalue weighted by atomic mass is 10.2. The molecule has 0 saturated carbocycles. The summed E-state index contributed by atoms with van der Waals surface area (Å²) in [5, 5.41) is 14.0. The highest BCUT2D eigenvalue weighted by atomic mass is 28.4. The summed E-state index contributed by atoms with van der Waals surface area (Å²) in [7, 11) is -1.41. The fourth-order valence-electron chi connectivity index (χ4n) is 3.81. The molecule has 1 unspecified atom stereocenters. The van der Waals surface area contributed by atoms with E-state index in [1.54, 1.807) is 0 Å². The van der Waals surface area contributed by atoms with Crippen molar-refractivity contribution in [1.29, 1.82) is 0 Å². The van der Waals surface area contributed by atoms with E-state index in [2.05, 4.69) is 55.1 Å². The topological polar surface area (TPSA) is 84.9 Å². The maximum Gasteiger partial charge on any atom is 0.330 e. The van der Waals surface area contributed by atoms with Gasteiger partial charge in [-0.25, -0.2) is 4.79 Å². The van der Waals surface area contributed by atoms with E-state index >= 15 is 0 Å². The summed E-state index contributed by atoms with van der Waals surface area (Å²) >= 11 is 0. The molecule has 0 fully saturated rings. The number of nitrogens with one attached hydrogen (secondary N) is 1. The van der Waals surface area contributed by atoms with E-state index in [4.69, 9.17) is 4.43 Å². The molecule has 0 heterocycles. The molecule has 0 aromatic heterocycles. The van der Waals surface area contributed by atoms with Crippen molar-refractivity contribution < 1.29 is 23.9 Å². The lowest BCUT2D eigenvalue weighted by Crippen LogP contribution is -2.66. The molecule has 0 aliphatic rings. The first-order valence-electron chi connectivity index (χ1n) is 10.5. The van der Waals surface area contributed by atoms with Gasteiger partial charge in [0.1, 0.15) is 0 Å². The summed E-state index contributed by atoms with van der Waals surface area (Å²) in [5.74, 6) is -0.991. The van der Waals surface area contributed by atoms with E-state index in [-0.39, 0.29) is 17.4 Å². The Hall–Kier alpha value is -2.48. The van der Waals surface area contributed by atoms with Gasteiger partial charge in [0.2, 0.25) is 5.91 Å². The standard InChI is InChI=1S/C24H33NO5Si/c1-24(2,3)31(19-12-7-5-8-13-19,20-14-9-6-10-15-20)30-17-11-16-22(27)25-21(18-26)23(28)29-4/h5-10,12-15,21,26H,11,16-18H2,1-4H3,(H,25,27). The van der Waals surface area contributed by atoms with Gasteiger partial charge in [-0.3, -0.25) is 4.79 Å². The molecule has 31 heavy (non-hydrogen) atoms. The number of carbonyl (C=O) groups excluding carboxylic acids is 2. The van der Waals surface area contributed by atoms with Gasteiger partial charge in [-0.1, -0.05) is 81.4 Å². The van der Waals surface area contributed by atoms with Crippen LogP contribution in [0.2, 0.25) is 5.04 Å². The van der Waals surface area contributed by atoms with Crippen LogP contribution in [-0.2, 0) is 18.8 Å². The van der Waals surface area contributed by atoms with Crippen LogP contribution >= 0.6 is 0 Å². The van der Waals surface area contributed by atoms with E-state index in [9.17, 15) is 14.7 Å². The molecule has 0 aliphatic carbocycles. The first-order valence-corrected chi connectivity index (χ1v) is 12.4. The van der Waals surface area contributed by atoms with Gasteiger partial charge in [-0.05, 0) is 21.8 Å². The highest BCUT2D eigenvalue weighted by Crippen LogP contribution is 2.36. The number of benzene rings is 2. The first kappa shape index (κ1) is 24.8. The van der Waals surface area contributed by atoms with Gasteiger partial charge in [-0.15, -0.1) is 0 Å². The van der Waals surface area contributed by atoms with Crippen molar-refractivity contribution in [3.63, 3.8) is 0 Å². The zero-order valence-corrected chi connectivity index (χ0v) is 19.8. The number of hydrogen-bond donors (Lipinski definition) is 2. The Kier molecular flexibility index (Phi) is 8.97. The maximum absolute atomic E-state index is 12.2. The van der Waals surface area contributed by atoms with E-state index in [0.29, 0.717) is 13.0 Å². The molecule has 2 aromatic rings. The molecule has 2 N–H and O–H groups in total. The molecule has 0 spiro atoms. The Morgan fingerprint density at radius 3 is 1.94 bits per heavy atom. The van der Waals surface area contributed by atoms with Crippen molar-refractivity contribution in [3.05, 3.63) is 60.7 Å². The summed E-state index contributed by atoms with van der Waals surface area (Å²) in [6.45, 7) is 6.51. The highest BCUT2D eigenvalue weighted by molar-refractivity contribution is 6.99. The Bertz CT molecular complexity index is 797. The highest BCUT2D eigenvalue weighted by Gasteiger charge is 2.49. The van der Waals surface area contributed by atoms with Gasteiger partial charge in [0.15, 0.2) is 6.04 Å². The fourth-order valence-corrected chi connectivity index (χ4v) is 8.41. The number of methoxy groups -OCH3 is 1. The normalized spacial score (nSPS) is 12.8. The second-order valence-electron chi connectivity index (χ2n) is 8.44. The lowest BCUT2D eigenvalue weighted by Gasteiger charge is -2.43. The minimum atomic E-state index is -2.63. The number of aliphatic hydroxyl groups excluding tert-OH is 1. The van der Waals surface area contributed by atoms with Gasteiger partial charge in [0, 0.05) is 13.0 Å². The van der Waals surface area contributed by atoms with Gasteiger partial charge < -0.3 is 19.6 Å². The van der Waals surface area contributed by atoms with Crippen LogP contribution in [0.3, 0.4) is 0 Å². The molecular weight excluding hydrogens is 410 g/mol. The van der Waals surface area contributed by atoms with E-state index in [0.717, 1.165) is 0 Å². The maximum atomic E-state index is 12.2. The minimum Gasteiger partial charge on any atom is -0.467 e. The molecular formula is C24H33NO5Si. The van der Waals surface area contributed by atoms with E-state index < -0.39 is 26.9 Å². The summed E-state index contributed by atoms with van der Waals surface area (Å²) in [6, 6.07) is 19.6. The van der Waals surface area contributed by atoms with Crippen LogP contribution in [0.25, 0.3) is 0 Å². The van der Waals surface area contributed by atoms with Crippen molar-refractivity contribution >= 4 is 30.6 Å². The Balaban J connectivity index is 2.17. The molecule has 2 rings (SSSR count). The van der Waals surface area contributed by atoms with Gasteiger partial charge in [0.25, 0.3) is 8.32 Å². The molecule has 0 bridgehead atoms. The van der Waals surface area contributed by atoms with Gasteiger partial charge >= 0.3 is 5.97 Å². The van der Waals surface area contributed by atoms with Crippen LogP contribution in [0.5, 0.6) is 0 Å². The zero-order chi connectivity index (χ0) is 22.9. The van der Waals surface area contributed by atoms with Crippen LogP contribution in [-0.4, -0.2) is 51.7 Å². The lowest BCUT2D eigenvalue weighted by molar-refractivity contribution is -0.146. The average Bonchev–Trinajstić information content (AvgIpc) is 2.77. The van der Waals surface area contributed by atoms with Crippen LogP contribution in [0.15, 0.2) is 60.7 Å². The van der Waals surface area contributed by atoms with Crippen LogP contribution in [0.1, 0.15) is 33.6 Å². The molecule has 0 aliphatic heterocycles. The van der Waals surface area contributed by atoms with Gasteiger partial charge in [-0.2, -0.15) is 0 Å². The second-order valence-corrected chi connectivity index (χ2v) is 12.7. The molecule has 6 nitrogen and oxygen atoms in total. The predicted octanol–water partition coefficient (Wildman–Crippen LogP) is 1.99. The first-order chi connectivity index (χ1) is 14.8. The third-order valence-electron chi connectivity index (χ3n) is 5.29. The second kappa shape index (κ2) is 11.2. The minimum absolute atomic E-state index is 0.134. The summed E-state index contributed by atoms with van der Waals surface area (Å²) < 4.78 is 11.3. The van der Waals surface area contributed by atoms with Crippen LogP contribution in [0, 0.1) is 0 Å². The number of rotatable bonds is 10. The Morgan fingerprint density at radius 2 is 1.52 bits per heavy atom. The molecule has 1 atom stereocenters. The molecule has 1 amide bonds. The third-order valence-corrected chi connectivity index (χ3v) is 10.3. The quantitative estimate of drug-likeness (QED) is 0.333. The van der Waals surface area contributed by atoms with Crippen LogP contribution in [0.4, 0.5) is 0 Å². The zero-order valence-electron chi connectivity index (χ0n) is 18.8. The third kappa shape index (κ3) is 6.03.